The topological polar surface area (TPSA) is 44.8 Å². The maximum Gasteiger partial charge on any atom is 0.194 e. The first-order valence-corrected chi connectivity index (χ1v) is 7.46. The minimum atomic E-state index is -0.683. The average molecular weight is 343 g/mol. The normalized spacial score (nSPS) is 21.9. The van der Waals surface area contributed by atoms with Gasteiger partial charge in [0.1, 0.15) is 18.0 Å². The van der Waals surface area contributed by atoms with Crippen molar-refractivity contribution in [3.63, 3.8) is 0 Å². The smallest absolute Gasteiger partial charge is 0.194 e. The number of Topliss-reactive ketones (excluding diaryl/α,β-unsaturated/α-hetero) is 1. The fraction of sp³-hybridized carbons (Fsp3) is 0.533. The maximum absolute atomic E-state index is 12.5. The number of hydrogen-bond donors (Lipinski definition) is 0. The highest BCUT2D eigenvalue weighted by atomic mass is 79.9. The van der Waals surface area contributed by atoms with Gasteiger partial charge in [-0.2, -0.15) is 0 Å². The Balaban J connectivity index is 2.10. The standard InChI is InChI=1S/C15H19BrO4/c1-15(6-3-7-20-15)14(17)11-4-5-13(12(16)10-11)19-9-8-18-2/h4-5,10H,3,6-9H2,1-2H3. The van der Waals surface area contributed by atoms with Gasteiger partial charge in [0.05, 0.1) is 11.1 Å². The molecule has 20 heavy (non-hydrogen) atoms. The molecular formula is C15H19BrO4. The number of ketones is 1. The van der Waals surface area contributed by atoms with E-state index in [2.05, 4.69) is 15.9 Å². The van der Waals surface area contributed by atoms with Crippen molar-refractivity contribution < 1.29 is 19.0 Å². The van der Waals surface area contributed by atoms with Gasteiger partial charge in [-0.25, -0.2) is 0 Å². The van der Waals surface area contributed by atoms with Crippen molar-refractivity contribution in [3.8, 4) is 5.75 Å². The number of ether oxygens (including phenoxy) is 3. The number of halogens is 1. The molecule has 1 unspecified atom stereocenters. The van der Waals surface area contributed by atoms with Crippen LogP contribution in [0.2, 0.25) is 0 Å². The van der Waals surface area contributed by atoms with Crippen molar-refractivity contribution in [1.82, 2.24) is 0 Å². The molecule has 2 rings (SSSR count). The number of benzene rings is 1. The Hall–Kier alpha value is -0.910. The van der Waals surface area contributed by atoms with E-state index >= 15 is 0 Å². The molecule has 0 spiro atoms. The van der Waals surface area contributed by atoms with Gasteiger partial charge in [-0.15, -0.1) is 0 Å². The summed E-state index contributed by atoms with van der Waals surface area (Å²) in [6.45, 7) is 3.52. The van der Waals surface area contributed by atoms with Crippen LogP contribution < -0.4 is 4.74 Å². The van der Waals surface area contributed by atoms with Gasteiger partial charge in [0.15, 0.2) is 5.78 Å². The van der Waals surface area contributed by atoms with Crippen molar-refractivity contribution in [2.45, 2.75) is 25.4 Å². The van der Waals surface area contributed by atoms with E-state index in [1.165, 1.54) is 0 Å². The summed E-state index contributed by atoms with van der Waals surface area (Å²) in [6, 6.07) is 5.37. The summed E-state index contributed by atoms with van der Waals surface area (Å²) >= 11 is 3.43. The van der Waals surface area contributed by atoms with E-state index in [9.17, 15) is 4.79 Å². The Kier molecular flexibility index (Phi) is 5.18. The summed E-state index contributed by atoms with van der Waals surface area (Å²) in [7, 11) is 1.63. The average Bonchev–Trinajstić information content (AvgIpc) is 2.88. The molecule has 1 aromatic rings. The molecule has 0 saturated carbocycles. The van der Waals surface area contributed by atoms with Crippen LogP contribution in [0.4, 0.5) is 0 Å². The highest BCUT2D eigenvalue weighted by Gasteiger charge is 2.38. The molecule has 5 heteroatoms. The number of rotatable bonds is 6. The van der Waals surface area contributed by atoms with Crippen molar-refractivity contribution in [2.75, 3.05) is 26.9 Å². The lowest BCUT2D eigenvalue weighted by Gasteiger charge is -2.21. The summed E-state index contributed by atoms with van der Waals surface area (Å²) in [5.41, 5.74) is -0.0434. The Morgan fingerprint density at radius 1 is 1.45 bits per heavy atom. The summed E-state index contributed by atoms with van der Waals surface area (Å²) in [5.74, 6) is 0.732. The van der Waals surface area contributed by atoms with Crippen molar-refractivity contribution in [1.29, 1.82) is 0 Å². The fourth-order valence-electron chi connectivity index (χ4n) is 2.26. The molecule has 1 fully saturated rings. The first kappa shape index (κ1) is 15.5. The summed E-state index contributed by atoms with van der Waals surface area (Å²) < 4.78 is 16.8. The van der Waals surface area contributed by atoms with Gasteiger partial charge in [0, 0.05) is 19.3 Å². The summed E-state index contributed by atoms with van der Waals surface area (Å²) in [6.07, 6.45) is 1.71. The zero-order chi connectivity index (χ0) is 14.6. The monoisotopic (exact) mass is 342 g/mol. The lowest BCUT2D eigenvalue weighted by molar-refractivity contribution is 0.0213. The zero-order valence-corrected chi connectivity index (χ0v) is 13.4. The molecule has 1 aromatic carbocycles. The van der Waals surface area contributed by atoms with Crippen molar-refractivity contribution >= 4 is 21.7 Å². The number of carbonyl (C=O) groups is 1. The quantitative estimate of drug-likeness (QED) is 0.588. The second-order valence-electron chi connectivity index (χ2n) is 5.00. The molecule has 0 bridgehead atoms. The first-order chi connectivity index (χ1) is 9.57. The molecule has 0 aromatic heterocycles. The largest absolute Gasteiger partial charge is 0.490 e. The molecule has 110 valence electrons. The van der Waals surface area contributed by atoms with Gasteiger partial charge in [0.25, 0.3) is 0 Å². The summed E-state index contributed by atoms with van der Waals surface area (Å²) in [4.78, 5) is 12.5. The molecule has 1 aliphatic heterocycles. The fourth-order valence-corrected chi connectivity index (χ4v) is 2.75. The minimum absolute atomic E-state index is 0.0270. The SMILES string of the molecule is COCCOc1ccc(C(=O)C2(C)CCCO2)cc1Br. The van der Waals surface area contributed by atoms with Gasteiger partial charge in [0.2, 0.25) is 0 Å². The van der Waals surface area contributed by atoms with Gasteiger partial charge in [-0.1, -0.05) is 0 Å². The molecule has 1 atom stereocenters. The third kappa shape index (κ3) is 3.40. The van der Waals surface area contributed by atoms with Crippen LogP contribution in [0, 0.1) is 0 Å². The zero-order valence-electron chi connectivity index (χ0n) is 11.8. The van der Waals surface area contributed by atoms with Crippen LogP contribution in [0.5, 0.6) is 5.75 Å². The van der Waals surface area contributed by atoms with Crippen molar-refractivity contribution in [3.05, 3.63) is 28.2 Å². The Morgan fingerprint density at radius 3 is 2.85 bits per heavy atom. The van der Waals surface area contributed by atoms with E-state index in [0.717, 1.165) is 17.3 Å². The van der Waals surface area contributed by atoms with E-state index in [1.807, 2.05) is 6.92 Å². The third-order valence-corrected chi connectivity index (χ3v) is 4.06. The van der Waals surface area contributed by atoms with Crippen LogP contribution in [0.25, 0.3) is 0 Å². The van der Waals surface area contributed by atoms with Crippen LogP contribution in [0.15, 0.2) is 22.7 Å². The van der Waals surface area contributed by atoms with Crippen LogP contribution in [0.3, 0.4) is 0 Å². The van der Waals surface area contributed by atoms with E-state index in [-0.39, 0.29) is 5.78 Å². The third-order valence-electron chi connectivity index (χ3n) is 3.44. The number of methoxy groups -OCH3 is 1. The second kappa shape index (κ2) is 6.70. The molecule has 4 nitrogen and oxygen atoms in total. The number of carbonyl (C=O) groups excluding carboxylic acids is 1. The minimum Gasteiger partial charge on any atom is -0.490 e. The Labute approximate surface area is 127 Å². The van der Waals surface area contributed by atoms with E-state index < -0.39 is 5.60 Å². The van der Waals surface area contributed by atoms with Gasteiger partial charge < -0.3 is 14.2 Å². The van der Waals surface area contributed by atoms with Gasteiger partial charge >= 0.3 is 0 Å². The Bertz CT molecular complexity index is 481. The van der Waals surface area contributed by atoms with Crippen LogP contribution in [-0.4, -0.2) is 38.3 Å². The number of hydrogen-bond acceptors (Lipinski definition) is 4. The molecule has 1 saturated heterocycles. The van der Waals surface area contributed by atoms with Gasteiger partial charge in [-0.3, -0.25) is 4.79 Å². The Morgan fingerprint density at radius 2 is 2.25 bits per heavy atom. The highest BCUT2D eigenvalue weighted by Crippen LogP contribution is 2.32. The van der Waals surface area contributed by atoms with E-state index in [0.29, 0.717) is 31.1 Å². The highest BCUT2D eigenvalue weighted by molar-refractivity contribution is 9.10. The molecule has 0 N–H and O–H groups in total. The first-order valence-electron chi connectivity index (χ1n) is 6.67. The van der Waals surface area contributed by atoms with E-state index in [1.54, 1.807) is 25.3 Å². The lowest BCUT2D eigenvalue weighted by Crippen LogP contribution is -2.34. The van der Waals surface area contributed by atoms with E-state index in [4.69, 9.17) is 14.2 Å². The van der Waals surface area contributed by atoms with Crippen molar-refractivity contribution in [2.24, 2.45) is 0 Å². The summed E-state index contributed by atoms with van der Waals surface area (Å²) in [5, 5.41) is 0. The molecule has 0 radical (unpaired) electrons. The molecule has 0 amide bonds. The maximum atomic E-state index is 12.5. The molecular weight excluding hydrogens is 324 g/mol. The molecule has 0 aliphatic carbocycles. The lowest BCUT2D eigenvalue weighted by atomic mass is 9.92. The predicted molar refractivity (Wildman–Crippen MR) is 79.4 cm³/mol. The molecule has 1 aliphatic rings. The van der Waals surface area contributed by atoms with Crippen LogP contribution in [0.1, 0.15) is 30.1 Å². The van der Waals surface area contributed by atoms with Gasteiger partial charge in [-0.05, 0) is 53.9 Å². The second-order valence-corrected chi connectivity index (χ2v) is 5.85. The van der Waals surface area contributed by atoms with Crippen LogP contribution in [-0.2, 0) is 9.47 Å². The van der Waals surface area contributed by atoms with Crippen LogP contribution >= 0.6 is 15.9 Å². The predicted octanol–water partition coefficient (Wildman–Crippen LogP) is 3.23. The molecule has 1 heterocycles.